The zero-order chi connectivity index (χ0) is 16.2. The minimum atomic E-state index is -0.696. The second-order valence-electron chi connectivity index (χ2n) is 4.87. The molecule has 0 aliphatic heterocycles. The van der Waals surface area contributed by atoms with E-state index in [1.54, 1.807) is 18.9 Å². The Hall–Kier alpha value is -1.24. The highest BCUT2D eigenvalue weighted by Crippen LogP contribution is 2.11. The van der Waals surface area contributed by atoms with Crippen LogP contribution in [0.15, 0.2) is 24.3 Å². The van der Waals surface area contributed by atoms with E-state index in [0.717, 1.165) is 23.5 Å². The molecule has 0 aliphatic rings. The summed E-state index contributed by atoms with van der Waals surface area (Å²) in [5.74, 6) is 2.16. The van der Waals surface area contributed by atoms with E-state index in [2.05, 4.69) is 12.2 Å². The quantitative estimate of drug-likeness (QED) is 0.607. The molecule has 0 spiro atoms. The summed E-state index contributed by atoms with van der Waals surface area (Å²) in [5, 5.41) is 12.5. The van der Waals surface area contributed by atoms with Crippen LogP contribution in [0.1, 0.15) is 18.9 Å². The molecule has 1 rings (SSSR count). The fourth-order valence-electron chi connectivity index (χ4n) is 1.69. The van der Waals surface area contributed by atoms with Crippen LogP contribution in [0.4, 0.5) is 0 Å². The third-order valence-electron chi connectivity index (χ3n) is 2.85. The normalized spacial score (nSPS) is 12.0. The lowest BCUT2D eigenvalue weighted by atomic mass is 10.2. The molecular formula is C16H25NO4S. The van der Waals surface area contributed by atoms with Gasteiger partial charge in [-0.15, -0.1) is 0 Å². The van der Waals surface area contributed by atoms with Gasteiger partial charge < -0.3 is 19.9 Å². The molecular weight excluding hydrogens is 302 g/mol. The van der Waals surface area contributed by atoms with Crippen molar-refractivity contribution in [3.63, 3.8) is 0 Å². The van der Waals surface area contributed by atoms with Crippen LogP contribution in [0.2, 0.25) is 0 Å². The van der Waals surface area contributed by atoms with Crippen LogP contribution in [0.25, 0.3) is 0 Å². The summed E-state index contributed by atoms with van der Waals surface area (Å²) in [6.45, 7) is 2.90. The highest BCUT2D eigenvalue weighted by atomic mass is 32.2. The van der Waals surface area contributed by atoms with E-state index < -0.39 is 6.10 Å². The van der Waals surface area contributed by atoms with Crippen LogP contribution in [-0.2, 0) is 16.1 Å². The largest absolute Gasteiger partial charge is 0.497 e. The Morgan fingerprint density at radius 3 is 2.73 bits per heavy atom. The summed E-state index contributed by atoms with van der Waals surface area (Å²) >= 11 is 1.60. The number of rotatable bonds is 11. The lowest BCUT2D eigenvalue weighted by Gasteiger charge is -2.12. The number of hydrogen-bond acceptors (Lipinski definition) is 5. The topological polar surface area (TPSA) is 67.8 Å². The van der Waals surface area contributed by atoms with Crippen LogP contribution < -0.4 is 10.1 Å². The summed E-state index contributed by atoms with van der Waals surface area (Å²) < 4.78 is 10.5. The third-order valence-corrected chi connectivity index (χ3v) is 4.02. The van der Waals surface area contributed by atoms with Crippen molar-refractivity contribution in [2.45, 2.75) is 26.1 Å². The lowest BCUT2D eigenvalue weighted by Crippen LogP contribution is -2.35. The molecule has 22 heavy (non-hydrogen) atoms. The van der Waals surface area contributed by atoms with Crippen molar-refractivity contribution in [1.29, 1.82) is 0 Å². The zero-order valence-electron chi connectivity index (χ0n) is 13.2. The molecule has 0 saturated carbocycles. The zero-order valence-corrected chi connectivity index (χ0v) is 14.0. The monoisotopic (exact) mass is 327 g/mol. The van der Waals surface area contributed by atoms with Crippen LogP contribution in [0.5, 0.6) is 5.75 Å². The van der Waals surface area contributed by atoms with Crippen molar-refractivity contribution in [2.24, 2.45) is 0 Å². The molecule has 1 unspecified atom stereocenters. The summed E-state index contributed by atoms with van der Waals surface area (Å²) in [5.41, 5.74) is 1.01. The molecule has 6 heteroatoms. The van der Waals surface area contributed by atoms with Gasteiger partial charge in [-0.3, -0.25) is 4.79 Å². The Labute approximate surface area is 136 Å². The molecule has 5 nitrogen and oxygen atoms in total. The van der Waals surface area contributed by atoms with Gasteiger partial charge in [0.25, 0.3) is 0 Å². The maximum Gasteiger partial charge on any atom is 0.230 e. The van der Waals surface area contributed by atoms with Gasteiger partial charge in [-0.05, 0) is 29.9 Å². The Morgan fingerprint density at radius 1 is 1.36 bits per heavy atom. The molecule has 1 atom stereocenters. The number of methoxy groups -OCH3 is 1. The minimum Gasteiger partial charge on any atom is -0.497 e. The van der Waals surface area contributed by atoms with Crippen molar-refractivity contribution in [2.75, 3.05) is 31.8 Å². The molecule has 0 heterocycles. The molecule has 0 saturated heterocycles. The number of aliphatic hydroxyl groups is 1. The second kappa shape index (κ2) is 11.3. The number of carbonyl (C=O) groups is 1. The van der Waals surface area contributed by atoms with Gasteiger partial charge >= 0.3 is 0 Å². The van der Waals surface area contributed by atoms with E-state index in [9.17, 15) is 9.90 Å². The Bertz CT molecular complexity index is 425. The number of carbonyl (C=O) groups excluding carboxylic acids is 1. The van der Waals surface area contributed by atoms with Gasteiger partial charge in [-0.2, -0.15) is 11.8 Å². The Morgan fingerprint density at radius 2 is 2.09 bits per heavy atom. The number of ether oxygens (including phenoxy) is 2. The number of hydrogen-bond donors (Lipinski definition) is 2. The predicted octanol–water partition coefficient (Wildman–Crippen LogP) is 1.83. The maximum atomic E-state index is 11.5. The number of nitrogens with one attached hydrogen (secondary N) is 1. The lowest BCUT2D eigenvalue weighted by molar-refractivity contribution is -0.119. The molecule has 0 aromatic heterocycles. The fraction of sp³-hybridized carbons (Fsp3) is 0.562. The summed E-state index contributed by atoms with van der Waals surface area (Å²) in [6.07, 6.45) is 0.359. The first-order valence-electron chi connectivity index (χ1n) is 7.39. The van der Waals surface area contributed by atoms with Crippen molar-refractivity contribution >= 4 is 17.7 Å². The molecule has 124 valence electrons. The van der Waals surface area contributed by atoms with Crippen LogP contribution >= 0.6 is 11.8 Å². The first-order valence-corrected chi connectivity index (χ1v) is 8.54. The molecule has 0 fully saturated rings. The highest BCUT2D eigenvalue weighted by Gasteiger charge is 2.07. The van der Waals surface area contributed by atoms with E-state index in [-0.39, 0.29) is 19.1 Å². The van der Waals surface area contributed by atoms with Gasteiger partial charge in [0.05, 0.1) is 32.2 Å². The van der Waals surface area contributed by atoms with E-state index >= 15 is 0 Å². The molecule has 2 N–H and O–H groups in total. The van der Waals surface area contributed by atoms with Crippen molar-refractivity contribution in [3.8, 4) is 5.75 Å². The van der Waals surface area contributed by atoms with Gasteiger partial charge in [-0.1, -0.05) is 19.1 Å². The van der Waals surface area contributed by atoms with E-state index in [0.29, 0.717) is 12.4 Å². The highest BCUT2D eigenvalue weighted by molar-refractivity contribution is 7.99. The van der Waals surface area contributed by atoms with E-state index in [1.165, 1.54) is 0 Å². The molecule has 1 aromatic rings. The summed E-state index contributed by atoms with van der Waals surface area (Å²) in [7, 11) is 1.62. The van der Waals surface area contributed by atoms with Crippen LogP contribution in [0, 0.1) is 0 Å². The van der Waals surface area contributed by atoms with Crippen molar-refractivity contribution in [1.82, 2.24) is 5.32 Å². The first-order chi connectivity index (χ1) is 10.7. The van der Waals surface area contributed by atoms with Gasteiger partial charge in [-0.25, -0.2) is 0 Å². The average Bonchev–Trinajstić information content (AvgIpc) is 2.54. The molecule has 0 bridgehead atoms. The Kier molecular flexibility index (Phi) is 9.70. The van der Waals surface area contributed by atoms with Gasteiger partial charge in [0.15, 0.2) is 0 Å². The molecule has 0 aliphatic carbocycles. The maximum absolute atomic E-state index is 11.5. The molecule has 1 aromatic carbocycles. The fourth-order valence-corrected chi connectivity index (χ4v) is 2.41. The van der Waals surface area contributed by atoms with Gasteiger partial charge in [0.2, 0.25) is 5.91 Å². The summed E-state index contributed by atoms with van der Waals surface area (Å²) in [4.78, 5) is 11.5. The predicted molar refractivity (Wildman–Crippen MR) is 89.3 cm³/mol. The van der Waals surface area contributed by atoms with Crippen molar-refractivity contribution < 1.29 is 19.4 Å². The Balaban J connectivity index is 2.12. The first kappa shape index (κ1) is 18.8. The number of aliphatic hydroxyl groups excluding tert-OH is 1. The minimum absolute atomic E-state index is 0.0485. The second-order valence-corrected chi connectivity index (χ2v) is 5.98. The van der Waals surface area contributed by atoms with Gasteiger partial charge in [0, 0.05) is 6.54 Å². The van der Waals surface area contributed by atoms with E-state index in [4.69, 9.17) is 9.47 Å². The third kappa shape index (κ3) is 8.26. The number of benzene rings is 1. The van der Waals surface area contributed by atoms with Crippen LogP contribution in [0.3, 0.4) is 0 Å². The molecule has 0 radical (unpaired) electrons. The SMILES string of the molecule is CCCSCC(=O)NCC(O)COCc1ccc(OC)cc1. The number of amides is 1. The smallest absolute Gasteiger partial charge is 0.230 e. The van der Waals surface area contributed by atoms with Gasteiger partial charge in [0.1, 0.15) is 5.75 Å². The standard InChI is InChI=1S/C16H25NO4S/c1-3-8-22-12-16(19)17-9-14(18)11-21-10-13-4-6-15(20-2)7-5-13/h4-7,14,18H,3,8-12H2,1-2H3,(H,17,19). The average molecular weight is 327 g/mol. The summed E-state index contributed by atoms with van der Waals surface area (Å²) in [6, 6.07) is 7.56. The van der Waals surface area contributed by atoms with E-state index in [1.807, 2.05) is 24.3 Å². The number of thioether (sulfide) groups is 1. The van der Waals surface area contributed by atoms with Crippen molar-refractivity contribution in [3.05, 3.63) is 29.8 Å². The molecule has 1 amide bonds. The van der Waals surface area contributed by atoms with Crippen LogP contribution in [-0.4, -0.2) is 48.9 Å².